The molecule has 1 unspecified atom stereocenters. The zero-order chi connectivity index (χ0) is 13.3. The Morgan fingerprint density at radius 3 is 2.72 bits per heavy atom. The van der Waals surface area contributed by atoms with Crippen LogP contribution in [0.2, 0.25) is 0 Å². The summed E-state index contributed by atoms with van der Waals surface area (Å²) in [7, 11) is -3.92. The van der Waals surface area contributed by atoms with Gasteiger partial charge in [-0.3, -0.25) is 0 Å². The summed E-state index contributed by atoms with van der Waals surface area (Å²) in [5, 5.41) is -0.717. The van der Waals surface area contributed by atoms with Gasteiger partial charge in [0.25, 0.3) is 0 Å². The zero-order valence-corrected chi connectivity index (χ0v) is 12.9. The molecule has 1 heterocycles. The molecule has 4 nitrogen and oxygen atoms in total. The number of hydrogen-bond donors (Lipinski definition) is 1. The fourth-order valence-corrected chi connectivity index (χ4v) is 4.49. The molecule has 0 aliphatic heterocycles. The molecular weight excluding hydrogens is 317 g/mol. The van der Waals surface area contributed by atoms with Crippen molar-refractivity contribution in [1.82, 2.24) is 0 Å². The van der Waals surface area contributed by atoms with Crippen molar-refractivity contribution in [2.24, 2.45) is 0 Å². The summed E-state index contributed by atoms with van der Waals surface area (Å²) in [5.41, 5.74) is 1.18. The number of aryl methyl sites for hydroxylation is 2. The summed E-state index contributed by atoms with van der Waals surface area (Å²) in [6.07, 6.45) is 0.431. The molecule has 18 heavy (non-hydrogen) atoms. The number of aromatic nitrogens is 1. The predicted octanol–water partition coefficient (Wildman–Crippen LogP) is 1.16. The molecule has 1 aromatic carbocycles. The summed E-state index contributed by atoms with van der Waals surface area (Å²) >= 11 is 0.331. The first-order chi connectivity index (χ1) is 8.39. The second-order valence-electron chi connectivity index (χ2n) is 4.35. The van der Waals surface area contributed by atoms with Crippen molar-refractivity contribution in [2.75, 3.05) is 0 Å². The van der Waals surface area contributed by atoms with Crippen molar-refractivity contribution >= 4 is 34.4 Å². The number of hydrogen-bond acceptors (Lipinski definition) is 2. The standard InChI is InChI=1S/C12H15NO3SSe/c1-9(17(14,15)16)7-8-13-10(2)18-12-6-4-3-5-11(12)13/h3-6,9H,7-8H2,1-2H3/p+1. The quantitative estimate of drug-likeness (QED) is 0.519. The van der Waals surface area contributed by atoms with Crippen molar-refractivity contribution < 1.29 is 17.5 Å². The first-order valence-electron chi connectivity index (χ1n) is 5.74. The van der Waals surface area contributed by atoms with Crippen LogP contribution in [-0.4, -0.2) is 32.7 Å². The number of para-hydroxylation sites is 1. The Morgan fingerprint density at radius 2 is 2.06 bits per heavy atom. The molecule has 0 saturated heterocycles. The Morgan fingerprint density at radius 1 is 1.39 bits per heavy atom. The van der Waals surface area contributed by atoms with E-state index in [-0.39, 0.29) is 0 Å². The molecule has 1 atom stereocenters. The van der Waals surface area contributed by atoms with Crippen LogP contribution >= 0.6 is 0 Å². The van der Waals surface area contributed by atoms with E-state index in [0.29, 0.717) is 27.5 Å². The number of fused-ring (bicyclic) bond motifs is 1. The van der Waals surface area contributed by atoms with E-state index in [0.717, 1.165) is 0 Å². The van der Waals surface area contributed by atoms with Gasteiger partial charge < -0.3 is 0 Å². The number of nitrogens with zero attached hydrogens (tertiary/aromatic N) is 1. The molecule has 2 rings (SSSR count). The molecule has 98 valence electrons. The molecule has 0 spiro atoms. The van der Waals surface area contributed by atoms with Gasteiger partial charge in [-0.25, -0.2) is 0 Å². The Hall–Kier alpha value is -0.681. The minimum atomic E-state index is -3.92. The van der Waals surface area contributed by atoms with E-state index < -0.39 is 15.4 Å². The van der Waals surface area contributed by atoms with Crippen LogP contribution in [0.4, 0.5) is 0 Å². The molecule has 0 fully saturated rings. The molecule has 0 amide bonds. The summed E-state index contributed by atoms with van der Waals surface area (Å²) in [6, 6.07) is 8.20. The fourth-order valence-electron chi connectivity index (χ4n) is 1.89. The van der Waals surface area contributed by atoms with Crippen LogP contribution in [0.3, 0.4) is 0 Å². The van der Waals surface area contributed by atoms with Crippen LogP contribution in [-0.2, 0) is 16.7 Å². The van der Waals surface area contributed by atoms with Crippen LogP contribution in [0, 0.1) is 6.92 Å². The Balaban J connectivity index is 2.25. The SMILES string of the molecule is Cc1[se]c2ccccc2[n+]1CCC(C)S(=O)(=O)O. The molecule has 6 heteroatoms. The molecule has 1 N–H and O–H groups in total. The first kappa shape index (κ1) is 13.7. The van der Waals surface area contributed by atoms with Crippen molar-refractivity contribution in [3.63, 3.8) is 0 Å². The molecule has 0 radical (unpaired) electrons. The van der Waals surface area contributed by atoms with E-state index in [9.17, 15) is 8.42 Å². The molecular formula is C12H16NO3SSe+. The topological polar surface area (TPSA) is 58.2 Å². The van der Waals surface area contributed by atoms with E-state index in [1.165, 1.54) is 21.3 Å². The van der Waals surface area contributed by atoms with Gasteiger partial charge in [0.15, 0.2) is 0 Å². The van der Waals surface area contributed by atoms with Crippen LogP contribution < -0.4 is 4.57 Å². The maximum absolute atomic E-state index is 11.0. The third kappa shape index (κ3) is 2.83. The predicted molar refractivity (Wildman–Crippen MR) is 71.4 cm³/mol. The molecule has 1 aromatic heterocycles. The van der Waals surface area contributed by atoms with Gasteiger partial charge in [0.1, 0.15) is 0 Å². The second kappa shape index (κ2) is 5.13. The van der Waals surface area contributed by atoms with Gasteiger partial charge in [0.05, 0.1) is 0 Å². The normalized spacial score (nSPS) is 13.9. The van der Waals surface area contributed by atoms with Gasteiger partial charge in [0.2, 0.25) is 0 Å². The van der Waals surface area contributed by atoms with E-state index >= 15 is 0 Å². The molecule has 2 aromatic rings. The summed E-state index contributed by atoms with van der Waals surface area (Å²) < 4.78 is 35.7. The average molecular weight is 333 g/mol. The Labute approximate surface area is 113 Å². The van der Waals surface area contributed by atoms with Crippen LogP contribution in [0.25, 0.3) is 9.78 Å². The van der Waals surface area contributed by atoms with Crippen molar-refractivity contribution in [3.8, 4) is 0 Å². The van der Waals surface area contributed by atoms with Gasteiger partial charge in [0, 0.05) is 0 Å². The monoisotopic (exact) mass is 334 g/mol. The summed E-state index contributed by atoms with van der Waals surface area (Å²) in [6.45, 7) is 4.25. The maximum atomic E-state index is 11.0. The summed E-state index contributed by atoms with van der Waals surface area (Å²) in [5.74, 6) is 0. The number of rotatable bonds is 4. The van der Waals surface area contributed by atoms with Crippen LogP contribution in [0.5, 0.6) is 0 Å². The van der Waals surface area contributed by atoms with Gasteiger partial charge in [-0.05, 0) is 0 Å². The van der Waals surface area contributed by atoms with Gasteiger partial charge in [-0.1, -0.05) is 0 Å². The van der Waals surface area contributed by atoms with E-state index in [2.05, 4.69) is 23.6 Å². The van der Waals surface area contributed by atoms with Gasteiger partial charge in [-0.15, -0.1) is 0 Å². The van der Waals surface area contributed by atoms with Gasteiger partial charge in [-0.2, -0.15) is 0 Å². The molecule has 0 aliphatic rings. The third-order valence-corrected chi connectivity index (χ3v) is 6.58. The molecule has 0 bridgehead atoms. The van der Waals surface area contributed by atoms with Crippen molar-refractivity contribution in [1.29, 1.82) is 0 Å². The number of benzene rings is 1. The second-order valence-corrected chi connectivity index (χ2v) is 8.78. The van der Waals surface area contributed by atoms with Crippen molar-refractivity contribution in [2.45, 2.75) is 32.1 Å². The summed E-state index contributed by atoms with van der Waals surface area (Å²) in [4.78, 5) is 0. The Bertz CT molecular complexity index is 663. The van der Waals surface area contributed by atoms with Crippen LogP contribution in [0.15, 0.2) is 24.3 Å². The molecule has 0 aliphatic carbocycles. The fraction of sp³-hybridized carbons (Fsp3) is 0.417. The van der Waals surface area contributed by atoms with E-state index in [1.807, 2.05) is 12.1 Å². The van der Waals surface area contributed by atoms with E-state index in [1.54, 1.807) is 0 Å². The van der Waals surface area contributed by atoms with Gasteiger partial charge >= 0.3 is 113 Å². The van der Waals surface area contributed by atoms with Crippen molar-refractivity contribution in [3.05, 3.63) is 28.8 Å². The first-order valence-corrected chi connectivity index (χ1v) is 8.95. The third-order valence-electron chi connectivity index (χ3n) is 3.06. The molecule has 0 saturated carbocycles. The average Bonchev–Trinajstić information content (AvgIpc) is 2.60. The minimum absolute atomic E-state index is 0.331. The zero-order valence-electron chi connectivity index (χ0n) is 10.3. The Kier molecular flexibility index (Phi) is 3.92. The van der Waals surface area contributed by atoms with E-state index in [4.69, 9.17) is 4.55 Å². The van der Waals surface area contributed by atoms with Crippen LogP contribution in [0.1, 0.15) is 17.9 Å².